The summed E-state index contributed by atoms with van der Waals surface area (Å²) >= 11 is 0. The highest BCUT2D eigenvalue weighted by Crippen LogP contribution is 2.28. The lowest BCUT2D eigenvalue weighted by Crippen LogP contribution is -2.49. The van der Waals surface area contributed by atoms with Gasteiger partial charge in [0.05, 0.1) is 25.3 Å². The molecule has 0 unspecified atom stereocenters. The highest BCUT2D eigenvalue weighted by molar-refractivity contribution is 5.97. The van der Waals surface area contributed by atoms with E-state index in [1.165, 1.54) is 18.1 Å². The average Bonchev–Trinajstić information content (AvgIpc) is 3.10. The number of hydrogen-bond donors (Lipinski definition) is 0. The maximum absolute atomic E-state index is 12.9. The quantitative estimate of drug-likeness (QED) is 0.326. The molecule has 0 spiro atoms. The van der Waals surface area contributed by atoms with Crippen LogP contribution < -0.4 is 0 Å². The van der Waals surface area contributed by atoms with Crippen LogP contribution in [0, 0.1) is 0 Å². The van der Waals surface area contributed by atoms with Gasteiger partial charge in [0.15, 0.2) is 6.04 Å². The summed E-state index contributed by atoms with van der Waals surface area (Å²) in [5, 5.41) is 0. The number of carbonyl (C=O) groups excluding carboxylic acids is 3. The summed E-state index contributed by atoms with van der Waals surface area (Å²) in [5.41, 5.74) is 0.194. The molecule has 0 aromatic heterocycles. The number of nitrogens with zero attached hydrogens (tertiary/aromatic N) is 1. The molecule has 7 nitrogen and oxygen atoms in total. The van der Waals surface area contributed by atoms with Gasteiger partial charge >= 0.3 is 18.0 Å². The van der Waals surface area contributed by atoms with Crippen LogP contribution in [-0.4, -0.2) is 54.3 Å². The van der Waals surface area contributed by atoms with Crippen molar-refractivity contribution in [1.82, 2.24) is 4.90 Å². The summed E-state index contributed by atoms with van der Waals surface area (Å²) in [7, 11) is 1.24. The minimum Gasteiger partial charge on any atom is -0.467 e. The molecule has 1 aliphatic heterocycles. The molecule has 0 saturated heterocycles. The van der Waals surface area contributed by atoms with Crippen molar-refractivity contribution in [3.05, 3.63) is 53.6 Å². The number of rotatable bonds is 5. The fourth-order valence-electron chi connectivity index (χ4n) is 2.89. The van der Waals surface area contributed by atoms with Gasteiger partial charge < -0.3 is 14.2 Å². The molecule has 0 aliphatic carbocycles. The predicted octanol–water partition coefficient (Wildman–Crippen LogP) is 3.35. The minimum absolute atomic E-state index is 0.175. The fraction of sp³-hybridized carbons (Fsp3) is 0.409. The molecule has 0 fully saturated rings. The smallest absolute Gasteiger partial charge is 0.412 e. The van der Waals surface area contributed by atoms with Gasteiger partial charge in [-0.1, -0.05) is 42.5 Å². The molecule has 1 amide bonds. The van der Waals surface area contributed by atoms with E-state index in [4.69, 9.17) is 14.2 Å². The van der Waals surface area contributed by atoms with Crippen LogP contribution in [0.15, 0.2) is 48.1 Å². The molecular formula is C22H27NO6. The summed E-state index contributed by atoms with van der Waals surface area (Å²) in [6.45, 7) is 7.05. The second-order valence-electron chi connectivity index (χ2n) is 7.42. The third-order valence-electron chi connectivity index (χ3n) is 4.07. The van der Waals surface area contributed by atoms with Gasteiger partial charge in [-0.2, -0.15) is 0 Å². The zero-order valence-electron chi connectivity index (χ0n) is 17.4. The molecule has 1 aliphatic rings. The molecule has 2 atom stereocenters. The molecule has 156 valence electrons. The van der Waals surface area contributed by atoms with Crippen molar-refractivity contribution in [3.8, 4) is 0 Å². The first-order valence-corrected chi connectivity index (χ1v) is 9.39. The lowest BCUT2D eigenvalue weighted by Gasteiger charge is -2.32. The Bertz CT molecular complexity index is 806. The largest absolute Gasteiger partial charge is 0.467 e. The second-order valence-corrected chi connectivity index (χ2v) is 7.42. The molecule has 29 heavy (non-hydrogen) atoms. The van der Waals surface area contributed by atoms with Crippen LogP contribution in [0.4, 0.5) is 4.79 Å². The Kier molecular flexibility index (Phi) is 7.20. The molecule has 1 aromatic carbocycles. The van der Waals surface area contributed by atoms with E-state index in [0.717, 1.165) is 5.56 Å². The Hall–Kier alpha value is -3.09. The van der Waals surface area contributed by atoms with Crippen LogP contribution in [0.25, 0.3) is 6.08 Å². The van der Waals surface area contributed by atoms with E-state index >= 15 is 0 Å². The van der Waals surface area contributed by atoms with E-state index in [9.17, 15) is 14.4 Å². The molecule has 0 N–H and O–H groups in total. The van der Waals surface area contributed by atoms with Crippen molar-refractivity contribution in [2.45, 2.75) is 45.4 Å². The molecule has 7 heteroatoms. The zero-order valence-corrected chi connectivity index (χ0v) is 17.4. The number of carbonyl (C=O) groups is 3. The van der Waals surface area contributed by atoms with Crippen molar-refractivity contribution in [2.24, 2.45) is 0 Å². The lowest BCUT2D eigenvalue weighted by molar-refractivity contribution is -0.145. The minimum atomic E-state index is -1.01. The summed E-state index contributed by atoms with van der Waals surface area (Å²) in [6.07, 6.45) is 4.05. The van der Waals surface area contributed by atoms with E-state index in [2.05, 4.69) is 0 Å². The van der Waals surface area contributed by atoms with E-state index in [0.29, 0.717) is 0 Å². The topological polar surface area (TPSA) is 82.1 Å². The monoisotopic (exact) mass is 401 g/mol. The Balaban J connectivity index is 2.49. The maximum atomic E-state index is 12.9. The van der Waals surface area contributed by atoms with Gasteiger partial charge in [-0.15, -0.1) is 0 Å². The van der Waals surface area contributed by atoms with Crippen LogP contribution in [0.1, 0.15) is 33.3 Å². The maximum Gasteiger partial charge on any atom is 0.412 e. The third kappa shape index (κ3) is 5.70. The first-order chi connectivity index (χ1) is 13.7. The summed E-state index contributed by atoms with van der Waals surface area (Å²) in [5.74, 6) is -1.21. The van der Waals surface area contributed by atoms with Crippen LogP contribution in [0.3, 0.4) is 0 Å². The van der Waals surface area contributed by atoms with Crippen molar-refractivity contribution < 1.29 is 28.6 Å². The number of amides is 1. The molecule has 2 rings (SSSR count). The molecule has 1 heterocycles. The number of hydrogen-bond acceptors (Lipinski definition) is 6. The summed E-state index contributed by atoms with van der Waals surface area (Å²) in [6, 6.07) is 7.34. The number of ether oxygens (including phenoxy) is 3. The summed E-state index contributed by atoms with van der Waals surface area (Å²) < 4.78 is 15.5. The van der Waals surface area contributed by atoms with E-state index in [-0.39, 0.29) is 12.2 Å². The van der Waals surface area contributed by atoms with Gasteiger partial charge in [-0.3, -0.25) is 4.90 Å². The van der Waals surface area contributed by atoms with E-state index in [1.54, 1.807) is 39.8 Å². The van der Waals surface area contributed by atoms with Crippen LogP contribution in [0.5, 0.6) is 0 Å². The van der Waals surface area contributed by atoms with E-state index in [1.807, 2.05) is 30.3 Å². The average molecular weight is 401 g/mol. The fourth-order valence-corrected chi connectivity index (χ4v) is 2.89. The molecule has 0 bridgehead atoms. The molecule has 0 radical (unpaired) electrons. The highest BCUT2D eigenvalue weighted by atomic mass is 16.6. The number of benzene rings is 1. The second kappa shape index (κ2) is 9.41. The molecular weight excluding hydrogens is 374 g/mol. The highest BCUT2D eigenvalue weighted by Gasteiger charge is 2.43. The Labute approximate surface area is 170 Å². The Morgan fingerprint density at radius 1 is 1.07 bits per heavy atom. The Morgan fingerprint density at radius 2 is 1.69 bits per heavy atom. The molecule has 1 aromatic rings. The molecule has 0 saturated carbocycles. The first-order valence-electron chi connectivity index (χ1n) is 9.39. The van der Waals surface area contributed by atoms with Crippen LogP contribution >= 0.6 is 0 Å². The number of methoxy groups -OCH3 is 1. The van der Waals surface area contributed by atoms with Crippen LogP contribution in [0.2, 0.25) is 0 Å². The number of esters is 2. The van der Waals surface area contributed by atoms with Crippen molar-refractivity contribution >= 4 is 24.1 Å². The van der Waals surface area contributed by atoms with Gasteiger partial charge in [0.1, 0.15) is 5.60 Å². The zero-order chi connectivity index (χ0) is 21.6. The SMILES string of the molecule is CCOC(=O)/C(=C\c1ccccc1)[C@H]1C=C[C@@H](C(=O)OC)N1C(=O)OC(C)(C)C. The lowest BCUT2D eigenvalue weighted by atomic mass is 10.0. The van der Waals surface area contributed by atoms with Gasteiger partial charge in [-0.25, -0.2) is 14.4 Å². The summed E-state index contributed by atoms with van der Waals surface area (Å²) in [4.78, 5) is 39.1. The van der Waals surface area contributed by atoms with Gasteiger partial charge in [0.25, 0.3) is 0 Å². The standard InChI is InChI=1S/C22H27NO6/c1-6-28-19(24)16(14-15-10-8-7-9-11-15)17-12-13-18(20(25)27-5)23(17)21(26)29-22(2,3)4/h7-14,17-18H,6H2,1-5H3/b16-14-/t17-,18+/m1/s1. The van der Waals surface area contributed by atoms with Gasteiger partial charge in [0, 0.05) is 0 Å². The van der Waals surface area contributed by atoms with E-state index < -0.39 is 35.7 Å². The first kappa shape index (κ1) is 22.2. The van der Waals surface area contributed by atoms with Gasteiger partial charge in [-0.05, 0) is 39.3 Å². The Morgan fingerprint density at radius 3 is 2.24 bits per heavy atom. The van der Waals surface area contributed by atoms with Gasteiger partial charge in [0.2, 0.25) is 0 Å². The van der Waals surface area contributed by atoms with Crippen LogP contribution in [-0.2, 0) is 23.8 Å². The van der Waals surface area contributed by atoms with Crippen molar-refractivity contribution in [2.75, 3.05) is 13.7 Å². The third-order valence-corrected chi connectivity index (χ3v) is 4.07. The van der Waals surface area contributed by atoms with Crippen molar-refractivity contribution in [3.63, 3.8) is 0 Å². The van der Waals surface area contributed by atoms with Crippen molar-refractivity contribution in [1.29, 1.82) is 0 Å². The predicted molar refractivity (Wildman–Crippen MR) is 108 cm³/mol. The normalized spacial score (nSPS) is 19.1.